The van der Waals surface area contributed by atoms with E-state index in [0.29, 0.717) is 9.54 Å². The minimum atomic E-state index is -0.726. The van der Waals surface area contributed by atoms with E-state index in [9.17, 15) is 5.11 Å². The van der Waals surface area contributed by atoms with Crippen LogP contribution in [0.2, 0.25) is 0 Å². The van der Waals surface area contributed by atoms with Gasteiger partial charge in [0, 0.05) is 0 Å². The van der Waals surface area contributed by atoms with E-state index < -0.39 is 22.8 Å². The van der Waals surface area contributed by atoms with E-state index in [1.165, 1.54) is 33.4 Å². The third-order valence-corrected chi connectivity index (χ3v) is 9.98. The molecule has 4 heteroatoms. The van der Waals surface area contributed by atoms with E-state index in [0.717, 1.165) is 12.8 Å². The molecule has 3 aromatic carbocycles. The smallest absolute Gasteiger partial charge is 1.00 e. The standard InChI is InChI=1S/C25H21O.C3H6.2ClH.Zr/c26-14-6-9-19-15-17-7-2-4-11-21(17)25(19)23-13-5-12-22-20-10-3-1-8-18(20)16-24(22)23;1-3-2;;;/h1-5,7-8,10-13,15-16,25-26H,6,9,14H2;1-2H3;2*1H;/q;;;;+2/p-2. The summed E-state index contributed by atoms with van der Waals surface area (Å²) in [6.45, 7) is 4.90. The van der Waals surface area contributed by atoms with Gasteiger partial charge in [0.05, 0.1) is 0 Å². The second-order valence-electron chi connectivity index (χ2n) is 8.58. The van der Waals surface area contributed by atoms with Crippen LogP contribution in [-0.4, -0.2) is 14.9 Å². The molecule has 0 amide bonds. The van der Waals surface area contributed by atoms with Gasteiger partial charge in [0.15, 0.2) is 0 Å². The van der Waals surface area contributed by atoms with Crippen LogP contribution in [0, 0.1) is 0 Å². The van der Waals surface area contributed by atoms with Gasteiger partial charge < -0.3 is 24.8 Å². The van der Waals surface area contributed by atoms with Gasteiger partial charge in [-0.15, -0.1) is 0 Å². The van der Waals surface area contributed by atoms with Crippen LogP contribution in [0.15, 0.2) is 72.3 Å². The summed E-state index contributed by atoms with van der Waals surface area (Å²) in [6.07, 6.45) is 4.16. The quantitative estimate of drug-likeness (QED) is 0.495. The van der Waals surface area contributed by atoms with Crippen LogP contribution in [0.3, 0.4) is 0 Å². The summed E-state index contributed by atoms with van der Waals surface area (Å²) >= 11 is -0.726. The van der Waals surface area contributed by atoms with Crippen molar-refractivity contribution < 1.29 is 52.7 Å². The van der Waals surface area contributed by atoms with Crippen LogP contribution >= 0.6 is 0 Å². The first kappa shape index (κ1) is 25.3. The summed E-state index contributed by atoms with van der Waals surface area (Å²) in [4.78, 5) is 0. The molecule has 32 heavy (non-hydrogen) atoms. The van der Waals surface area contributed by atoms with E-state index in [2.05, 4.69) is 86.7 Å². The Morgan fingerprint density at radius 2 is 1.47 bits per heavy atom. The fraction of sp³-hybridized carbons (Fsp3) is 0.250. The van der Waals surface area contributed by atoms with Crippen molar-refractivity contribution in [1.29, 1.82) is 0 Å². The number of aliphatic hydroxyl groups is 1. The number of hydrogen-bond donors (Lipinski definition) is 1. The average molecular weight is 542 g/mol. The molecule has 0 aliphatic heterocycles. The van der Waals surface area contributed by atoms with Crippen molar-refractivity contribution in [3.8, 4) is 11.1 Å². The topological polar surface area (TPSA) is 20.2 Å². The second-order valence-corrected chi connectivity index (χ2v) is 13.2. The van der Waals surface area contributed by atoms with Crippen molar-refractivity contribution in [1.82, 2.24) is 0 Å². The van der Waals surface area contributed by atoms with E-state index in [4.69, 9.17) is 0 Å². The summed E-state index contributed by atoms with van der Waals surface area (Å²) in [7, 11) is 0. The molecule has 0 bridgehead atoms. The number of halogens is 2. The fourth-order valence-corrected chi connectivity index (χ4v) is 8.80. The first-order chi connectivity index (χ1) is 14.7. The van der Waals surface area contributed by atoms with E-state index >= 15 is 0 Å². The van der Waals surface area contributed by atoms with E-state index in [-0.39, 0.29) is 31.4 Å². The largest absolute Gasteiger partial charge is 1.00 e. The average Bonchev–Trinajstić information content (AvgIpc) is 3.28. The molecule has 1 nitrogen and oxygen atoms in total. The molecular formula is C28H27Cl2OZr. The first-order valence-corrected chi connectivity index (χ1v) is 13.5. The van der Waals surface area contributed by atoms with Gasteiger partial charge in [0.25, 0.3) is 0 Å². The number of fused-ring (bicyclic) bond motifs is 4. The summed E-state index contributed by atoms with van der Waals surface area (Å²) in [5.41, 5.74) is 11.7. The zero-order valence-electron chi connectivity index (χ0n) is 18.4. The van der Waals surface area contributed by atoms with Crippen LogP contribution < -0.4 is 24.8 Å². The Hall–Kier alpha value is -1.31. The molecule has 0 saturated carbocycles. The first-order valence-electron chi connectivity index (χ1n) is 10.9. The Morgan fingerprint density at radius 1 is 0.812 bits per heavy atom. The van der Waals surface area contributed by atoms with Crippen LogP contribution in [0.25, 0.3) is 17.2 Å². The van der Waals surface area contributed by atoms with Crippen molar-refractivity contribution in [3.63, 3.8) is 0 Å². The van der Waals surface area contributed by atoms with Crippen molar-refractivity contribution in [2.24, 2.45) is 0 Å². The number of hydrogen-bond acceptors (Lipinski definition) is 1. The second kappa shape index (κ2) is 10.7. The van der Waals surface area contributed by atoms with Gasteiger partial charge in [-0.3, -0.25) is 0 Å². The molecule has 163 valence electrons. The monoisotopic (exact) mass is 539 g/mol. The van der Waals surface area contributed by atoms with Gasteiger partial charge in [0.2, 0.25) is 0 Å². The third kappa shape index (κ3) is 4.40. The minimum absolute atomic E-state index is 0. The molecule has 5 rings (SSSR count). The van der Waals surface area contributed by atoms with Crippen molar-refractivity contribution in [2.75, 3.05) is 6.61 Å². The van der Waals surface area contributed by atoms with Crippen molar-refractivity contribution >= 4 is 9.28 Å². The molecule has 2 aliphatic rings. The van der Waals surface area contributed by atoms with Gasteiger partial charge in [-0.1, -0.05) is 0 Å². The number of rotatable bonds is 5. The van der Waals surface area contributed by atoms with Gasteiger partial charge in [0.1, 0.15) is 0 Å². The molecule has 0 saturated heterocycles. The zero-order chi connectivity index (χ0) is 20.7. The van der Waals surface area contributed by atoms with Crippen LogP contribution in [0.5, 0.6) is 0 Å². The molecular weight excluding hydrogens is 514 g/mol. The summed E-state index contributed by atoms with van der Waals surface area (Å²) in [6, 6.07) is 24.9. The van der Waals surface area contributed by atoms with E-state index in [1.54, 1.807) is 14.3 Å². The Kier molecular flexibility index (Phi) is 8.50. The molecule has 0 radical (unpaired) electrons. The van der Waals surface area contributed by atoms with Gasteiger partial charge in [-0.05, 0) is 0 Å². The van der Waals surface area contributed by atoms with Crippen LogP contribution in [0.4, 0.5) is 0 Å². The van der Waals surface area contributed by atoms with Crippen molar-refractivity contribution in [2.45, 2.75) is 36.2 Å². The molecule has 2 aliphatic carbocycles. The maximum atomic E-state index is 9.49. The van der Waals surface area contributed by atoms with Gasteiger partial charge >= 0.3 is 191 Å². The molecule has 2 atom stereocenters. The molecule has 1 N–H and O–H groups in total. The minimum Gasteiger partial charge on any atom is -1.00 e. The van der Waals surface area contributed by atoms with E-state index in [1.807, 2.05) is 0 Å². The Labute approximate surface area is 214 Å². The number of allylic oxidation sites excluding steroid dienone is 1. The van der Waals surface area contributed by atoms with Gasteiger partial charge in [-0.25, -0.2) is 0 Å². The van der Waals surface area contributed by atoms with Crippen LogP contribution in [-0.2, 0) is 22.8 Å². The number of aliphatic hydroxyl groups excluding tert-OH is 1. The summed E-state index contributed by atoms with van der Waals surface area (Å²) in [5, 5.41) is 9.49. The maximum Gasteiger partial charge on any atom is -1.00 e. The normalized spacial score (nSPS) is 17.2. The molecule has 2 unspecified atom stereocenters. The number of benzene rings is 3. The zero-order valence-corrected chi connectivity index (χ0v) is 22.4. The fourth-order valence-electron chi connectivity index (χ4n) is 5.23. The Morgan fingerprint density at radius 3 is 2.22 bits per heavy atom. The summed E-state index contributed by atoms with van der Waals surface area (Å²) in [5.74, 6) is 0.316. The predicted octanol–water partition coefficient (Wildman–Crippen LogP) is 0.361. The maximum absolute atomic E-state index is 9.49. The molecule has 0 heterocycles. The van der Waals surface area contributed by atoms with Crippen LogP contribution in [0.1, 0.15) is 64.1 Å². The van der Waals surface area contributed by atoms with Crippen molar-refractivity contribution in [3.05, 3.63) is 100 Å². The molecule has 0 spiro atoms. The molecule has 3 aromatic rings. The summed E-state index contributed by atoms with van der Waals surface area (Å²) < 4.78 is 2.23. The SMILES string of the molecule is C[C](C)=[Zr+2][CH]1c2ccccc2-c2cccc(C3C(CCCO)=Cc4ccccc43)c21.[Cl-].[Cl-]. The third-order valence-electron chi connectivity index (χ3n) is 6.38. The Balaban J connectivity index is 0.00000144. The predicted molar refractivity (Wildman–Crippen MR) is 123 cm³/mol. The molecule has 0 aromatic heterocycles. The molecule has 0 fully saturated rings. The Bertz CT molecular complexity index is 1180. The van der Waals surface area contributed by atoms with Gasteiger partial charge in [-0.2, -0.15) is 0 Å².